The molecule has 0 fully saturated rings. The van der Waals surface area contributed by atoms with Crippen LogP contribution in [0.3, 0.4) is 0 Å². The third kappa shape index (κ3) is 4.68. The van der Waals surface area contributed by atoms with Crippen molar-refractivity contribution in [2.45, 2.75) is 44.9 Å². The topological polar surface area (TPSA) is 58.6 Å². The van der Waals surface area contributed by atoms with Crippen LogP contribution < -0.4 is 5.73 Å². The lowest BCUT2D eigenvalue weighted by atomic mass is 10.0. The van der Waals surface area contributed by atoms with Gasteiger partial charge < -0.3 is 10.9 Å². The summed E-state index contributed by atoms with van der Waals surface area (Å²) in [6.45, 7) is 0. The Morgan fingerprint density at radius 2 is 1.87 bits per heavy atom. The highest BCUT2D eigenvalue weighted by molar-refractivity contribution is 5.99. The van der Waals surface area contributed by atoms with Crippen LogP contribution >= 0.6 is 0 Å². The second kappa shape index (κ2) is 7.10. The minimum absolute atomic E-state index is 0.578. The molecule has 1 aliphatic rings. The first-order chi connectivity index (χ1) is 7.34. The van der Waals surface area contributed by atoms with Crippen LogP contribution in [-0.2, 0) is 0 Å². The predicted octanol–water partition coefficient (Wildman–Crippen LogP) is 2.96. The summed E-state index contributed by atoms with van der Waals surface area (Å²) in [6, 6.07) is 0. The molecule has 0 aliphatic heterocycles. The van der Waals surface area contributed by atoms with Crippen LogP contribution in [-0.4, -0.2) is 10.9 Å². The van der Waals surface area contributed by atoms with Gasteiger partial charge in [-0.3, -0.25) is 0 Å². The first-order valence-corrected chi connectivity index (χ1v) is 5.68. The van der Waals surface area contributed by atoms with E-state index in [4.69, 9.17) is 10.9 Å². The zero-order chi connectivity index (χ0) is 10.9. The first kappa shape index (κ1) is 11.8. The molecule has 0 amide bonds. The summed E-state index contributed by atoms with van der Waals surface area (Å²) in [7, 11) is 0. The average molecular weight is 208 g/mol. The number of hydrogen-bond donors (Lipinski definition) is 2. The Hall–Kier alpha value is -1.25. The predicted molar refractivity (Wildman–Crippen MR) is 63.0 cm³/mol. The normalized spacial score (nSPS) is 28.5. The standard InChI is InChI=1S/C12H20N2O/c13-11-9-7-5-3-1-2-4-6-8-10-12(11)14-15/h5,7,9,15H,1-4,6,8,10,13H2/b7-5-,11-9-,14-12?. The van der Waals surface area contributed by atoms with Crippen molar-refractivity contribution in [1.82, 2.24) is 0 Å². The van der Waals surface area contributed by atoms with Gasteiger partial charge in [0.25, 0.3) is 0 Å². The van der Waals surface area contributed by atoms with Crippen LogP contribution in [0.25, 0.3) is 0 Å². The molecule has 0 spiro atoms. The molecule has 0 radical (unpaired) electrons. The number of oxime groups is 1. The average Bonchev–Trinajstić information content (AvgIpc) is 2.23. The summed E-state index contributed by atoms with van der Waals surface area (Å²) in [5.74, 6) is 0. The minimum Gasteiger partial charge on any atom is -0.411 e. The Morgan fingerprint density at radius 3 is 2.67 bits per heavy atom. The Morgan fingerprint density at radius 1 is 1.13 bits per heavy atom. The van der Waals surface area contributed by atoms with E-state index in [1.54, 1.807) is 0 Å². The lowest BCUT2D eigenvalue weighted by molar-refractivity contribution is 0.317. The maximum atomic E-state index is 8.81. The molecule has 0 atom stereocenters. The van der Waals surface area contributed by atoms with Crippen molar-refractivity contribution in [3.8, 4) is 0 Å². The maximum absolute atomic E-state index is 8.81. The van der Waals surface area contributed by atoms with Crippen molar-refractivity contribution in [2.75, 3.05) is 0 Å². The van der Waals surface area contributed by atoms with E-state index < -0.39 is 0 Å². The van der Waals surface area contributed by atoms with Gasteiger partial charge in [-0.15, -0.1) is 0 Å². The SMILES string of the molecule is N/C1=C\C=C/CCCCCCCC1=NO. The van der Waals surface area contributed by atoms with Gasteiger partial charge in [0.1, 0.15) is 5.71 Å². The van der Waals surface area contributed by atoms with Crippen molar-refractivity contribution >= 4 is 5.71 Å². The van der Waals surface area contributed by atoms with E-state index in [-0.39, 0.29) is 0 Å². The number of hydrogen-bond acceptors (Lipinski definition) is 3. The molecule has 0 saturated carbocycles. The van der Waals surface area contributed by atoms with Crippen LogP contribution in [0.4, 0.5) is 0 Å². The molecule has 3 nitrogen and oxygen atoms in total. The van der Waals surface area contributed by atoms with Gasteiger partial charge in [-0.25, -0.2) is 0 Å². The number of allylic oxidation sites excluding steroid dienone is 4. The maximum Gasteiger partial charge on any atom is 0.102 e. The molecule has 0 saturated heterocycles. The van der Waals surface area contributed by atoms with Gasteiger partial charge >= 0.3 is 0 Å². The highest BCUT2D eigenvalue weighted by atomic mass is 16.4. The summed E-state index contributed by atoms with van der Waals surface area (Å²) in [4.78, 5) is 0. The third-order valence-electron chi connectivity index (χ3n) is 2.65. The second-order valence-corrected chi connectivity index (χ2v) is 3.90. The van der Waals surface area contributed by atoms with E-state index in [2.05, 4.69) is 11.2 Å². The van der Waals surface area contributed by atoms with Crippen molar-refractivity contribution in [2.24, 2.45) is 10.9 Å². The van der Waals surface area contributed by atoms with Crippen molar-refractivity contribution in [3.05, 3.63) is 23.9 Å². The molecule has 0 aromatic rings. The fourth-order valence-corrected chi connectivity index (χ4v) is 1.70. The molecular formula is C12H20N2O. The number of rotatable bonds is 0. The first-order valence-electron chi connectivity index (χ1n) is 5.68. The Labute approximate surface area is 91.4 Å². The van der Waals surface area contributed by atoms with Crippen molar-refractivity contribution < 1.29 is 5.21 Å². The van der Waals surface area contributed by atoms with Gasteiger partial charge in [-0.1, -0.05) is 36.6 Å². The van der Waals surface area contributed by atoms with Crippen LogP contribution in [0.1, 0.15) is 44.9 Å². The van der Waals surface area contributed by atoms with Gasteiger partial charge in [0.15, 0.2) is 0 Å². The minimum atomic E-state index is 0.578. The molecule has 0 aromatic carbocycles. The second-order valence-electron chi connectivity index (χ2n) is 3.90. The fraction of sp³-hybridized carbons (Fsp3) is 0.583. The Balaban J connectivity index is 2.63. The zero-order valence-electron chi connectivity index (χ0n) is 9.15. The molecular weight excluding hydrogens is 188 g/mol. The van der Waals surface area contributed by atoms with Crippen molar-refractivity contribution in [1.29, 1.82) is 0 Å². The van der Waals surface area contributed by atoms with E-state index in [1.165, 1.54) is 25.7 Å². The summed E-state index contributed by atoms with van der Waals surface area (Å²) in [5.41, 5.74) is 6.98. The molecule has 0 heterocycles. The molecule has 1 aliphatic carbocycles. The number of nitrogens with zero attached hydrogens (tertiary/aromatic N) is 1. The van der Waals surface area contributed by atoms with Crippen LogP contribution in [0.2, 0.25) is 0 Å². The number of nitrogens with two attached hydrogens (primary N) is 1. The Bertz CT molecular complexity index is 267. The molecule has 3 N–H and O–H groups in total. The molecule has 0 aromatic heterocycles. The monoisotopic (exact) mass is 208 g/mol. The van der Waals surface area contributed by atoms with E-state index in [0.717, 1.165) is 19.3 Å². The summed E-state index contributed by atoms with van der Waals surface area (Å²) in [6.07, 6.45) is 13.8. The molecule has 1 rings (SSSR count). The highest BCUT2D eigenvalue weighted by Crippen LogP contribution is 2.11. The van der Waals surface area contributed by atoms with Gasteiger partial charge in [-0.05, 0) is 31.8 Å². The van der Waals surface area contributed by atoms with Crippen LogP contribution in [0, 0.1) is 0 Å². The third-order valence-corrected chi connectivity index (χ3v) is 2.65. The van der Waals surface area contributed by atoms with E-state index in [9.17, 15) is 0 Å². The fourth-order valence-electron chi connectivity index (χ4n) is 1.70. The smallest absolute Gasteiger partial charge is 0.102 e. The lowest BCUT2D eigenvalue weighted by Gasteiger charge is -2.05. The van der Waals surface area contributed by atoms with Gasteiger partial charge in [0.2, 0.25) is 0 Å². The van der Waals surface area contributed by atoms with E-state index >= 15 is 0 Å². The quantitative estimate of drug-likeness (QED) is 0.475. The van der Waals surface area contributed by atoms with Crippen LogP contribution in [0.5, 0.6) is 0 Å². The molecule has 0 bridgehead atoms. The van der Waals surface area contributed by atoms with E-state index in [0.29, 0.717) is 11.4 Å². The summed E-state index contributed by atoms with van der Waals surface area (Å²) in [5, 5.41) is 12.1. The van der Waals surface area contributed by atoms with Gasteiger partial charge in [-0.2, -0.15) is 0 Å². The molecule has 84 valence electrons. The van der Waals surface area contributed by atoms with Gasteiger partial charge in [0.05, 0.1) is 5.70 Å². The Kier molecular flexibility index (Phi) is 5.59. The van der Waals surface area contributed by atoms with Gasteiger partial charge in [0, 0.05) is 0 Å². The van der Waals surface area contributed by atoms with Crippen LogP contribution in [0.15, 0.2) is 29.1 Å². The molecule has 0 unspecified atom stereocenters. The highest BCUT2D eigenvalue weighted by Gasteiger charge is 2.03. The van der Waals surface area contributed by atoms with E-state index in [1.807, 2.05) is 12.2 Å². The summed E-state index contributed by atoms with van der Waals surface area (Å²) < 4.78 is 0. The molecule has 15 heavy (non-hydrogen) atoms. The lowest BCUT2D eigenvalue weighted by Crippen LogP contribution is -2.11. The summed E-state index contributed by atoms with van der Waals surface area (Å²) >= 11 is 0. The molecule has 3 heteroatoms. The largest absolute Gasteiger partial charge is 0.411 e. The zero-order valence-corrected chi connectivity index (χ0v) is 9.15. The van der Waals surface area contributed by atoms with Crippen molar-refractivity contribution in [3.63, 3.8) is 0 Å².